The molecular weight excluding hydrogens is 286 g/mol. The van der Waals surface area contributed by atoms with Crippen LogP contribution in [0, 0.1) is 5.92 Å². The Balaban J connectivity index is 1.68. The van der Waals surface area contributed by atoms with Crippen LogP contribution in [0.4, 0.5) is 0 Å². The van der Waals surface area contributed by atoms with Crippen molar-refractivity contribution in [3.8, 4) is 11.5 Å². The fourth-order valence-corrected chi connectivity index (χ4v) is 4.30. The number of likely N-dealkylation sites (N-methyl/N-ethyl adjacent to an activating group) is 1. The van der Waals surface area contributed by atoms with E-state index in [0.29, 0.717) is 6.04 Å². The van der Waals surface area contributed by atoms with Crippen LogP contribution in [0.1, 0.15) is 37.7 Å². The molecule has 1 aromatic rings. The molecular formula is C20H27NO2. The van der Waals surface area contributed by atoms with Crippen molar-refractivity contribution in [2.24, 2.45) is 5.92 Å². The maximum absolute atomic E-state index is 6.09. The standard InChI is InChI=1S/C20H27NO2/c1-21-12-11-20(10-4-3-5-19(20)21)16-8-9-17(22-2)18(13-16)23-14-15-6-7-15/h4,8-10,13,15,19H,3,5-7,11-12,14H2,1-2H3/t19-,20-/m0/s1. The summed E-state index contributed by atoms with van der Waals surface area (Å²) in [6.07, 6.45) is 11.1. The first-order valence-corrected chi connectivity index (χ1v) is 8.92. The summed E-state index contributed by atoms with van der Waals surface area (Å²) in [5.74, 6) is 2.52. The lowest BCUT2D eigenvalue weighted by Crippen LogP contribution is -2.41. The highest BCUT2D eigenvalue weighted by molar-refractivity contribution is 5.48. The van der Waals surface area contributed by atoms with Crippen molar-refractivity contribution < 1.29 is 9.47 Å². The fraction of sp³-hybridized carbons (Fsp3) is 0.600. The number of rotatable bonds is 5. The Morgan fingerprint density at radius 3 is 2.87 bits per heavy atom. The van der Waals surface area contributed by atoms with E-state index in [0.717, 1.165) is 24.0 Å². The number of allylic oxidation sites excluding steroid dienone is 1. The molecule has 0 aromatic heterocycles. The topological polar surface area (TPSA) is 21.7 Å². The fourth-order valence-electron chi connectivity index (χ4n) is 4.30. The summed E-state index contributed by atoms with van der Waals surface area (Å²) in [4.78, 5) is 2.53. The number of fused-ring (bicyclic) bond motifs is 1. The molecule has 0 N–H and O–H groups in total. The molecule has 3 nitrogen and oxygen atoms in total. The maximum atomic E-state index is 6.09. The molecule has 0 amide bonds. The zero-order valence-electron chi connectivity index (χ0n) is 14.3. The smallest absolute Gasteiger partial charge is 0.161 e. The SMILES string of the molecule is COc1ccc([C@@]23C=CCC[C@@H]2N(C)CC3)cc1OCC1CC1. The van der Waals surface area contributed by atoms with E-state index in [4.69, 9.17) is 9.47 Å². The van der Waals surface area contributed by atoms with E-state index in [2.05, 4.69) is 42.3 Å². The van der Waals surface area contributed by atoms with Gasteiger partial charge in [-0.3, -0.25) is 0 Å². The second kappa shape index (κ2) is 5.86. The molecule has 1 aliphatic heterocycles. The van der Waals surface area contributed by atoms with Crippen LogP contribution < -0.4 is 9.47 Å². The van der Waals surface area contributed by atoms with Crippen LogP contribution >= 0.6 is 0 Å². The van der Waals surface area contributed by atoms with E-state index < -0.39 is 0 Å². The number of nitrogens with zero attached hydrogens (tertiary/aromatic N) is 1. The van der Waals surface area contributed by atoms with Crippen LogP contribution in [0.5, 0.6) is 11.5 Å². The van der Waals surface area contributed by atoms with E-state index in [1.807, 2.05) is 0 Å². The molecule has 4 rings (SSSR count). The zero-order valence-corrected chi connectivity index (χ0v) is 14.3. The predicted octanol–water partition coefficient (Wildman–Crippen LogP) is 3.78. The van der Waals surface area contributed by atoms with Gasteiger partial charge in [0.15, 0.2) is 11.5 Å². The number of hydrogen-bond donors (Lipinski definition) is 0. The molecule has 1 aromatic carbocycles. The molecule has 124 valence electrons. The summed E-state index contributed by atoms with van der Waals surface area (Å²) in [7, 11) is 3.99. The Kier molecular flexibility index (Phi) is 3.84. The highest BCUT2D eigenvalue weighted by atomic mass is 16.5. The minimum absolute atomic E-state index is 0.150. The second-order valence-corrected chi connectivity index (χ2v) is 7.39. The van der Waals surface area contributed by atoms with Gasteiger partial charge in [-0.2, -0.15) is 0 Å². The summed E-state index contributed by atoms with van der Waals surface area (Å²) in [5.41, 5.74) is 1.53. The van der Waals surface area contributed by atoms with Crippen molar-refractivity contribution in [2.75, 3.05) is 27.3 Å². The minimum Gasteiger partial charge on any atom is -0.493 e. The van der Waals surface area contributed by atoms with Gasteiger partial charge in [0.1, 0.15) is 0 Å². The van der Waals surface area contributed by atoms with Gasteiger partial charge in [-0.1, -0.05) is 18.2 Å². The lowest BCUT2D eigenvalue weighted by Gasteiger charge is -2.38. The van der Waals surface area contributed by atoms with Gasteiger partial charge in [0, 0.05) is 11.5 Å². The van der Waals surface area contributed by atoms with Crippen LogP contribution in [0.15, 0.2) is 30.4 Å². The molecule has 1 saturated carbocycles. The third-order valence-corrected chi connectivity index (χ3v) is 5.90. The van der Waals surface area contributed by atoms with Gasteiger partial charge in [0.05, 0.1) is 13.7 Å². The van der Waals surface area contributed by atoms with E-state index >= 15 is 0 Å². The Morgan fingerprint density at radius 2 is 2.09 bits per heavy atom. The highest BCUT2D eigenvalue weighted by Crippen LogP contribution is 2.47. The summed E-state index contributed by atoms with van der Waals surface area (Å²) in [6.45, 7) is 1.99. The quantitative estimate of drug-likeness (QED) is 0.772. The van der Waals surface area contributed by atoms with E-state index in [-0.39, 0.29) is 5.41 Å². The molecule has 2 fully saturated rings. The maximum Gasteiger partial charge on any atom is 0.161 e. The van der Waals surface area contributed by atoms with Crippen LogP contribution in [-0.4, -0.2) is 38.3 Å². The first-order chi connectivity index (χ1) is 11.2. The van der Waals surface area contributed by atoms with Gasteiger partial charge < -0.3 is 14.4 Å². The Bertz CT molecular complexity index is 608. The van der Waals surface area contributed by atoms with Gasteiger partial charge >= 0.3 is 0 Å². The number of likely N-dealkylation sites (tertiary alicyclic amines) is 1. The highest BCUT2D eigenvalue weighted by Gasteiger charge is 2.46. The zero-order chi connectivity index (χ0) is 15.9. The summed E-state index contributed by atoms with van der Waals surface area (Å²) < 4.78 is 11.6. The summed E-state index contributed by atoms with van der Waals surface area (Å²) in [5, 5.41) is 0. The van der Waals surface area contributed by atoms with Gasteiger partial charge in [0.2, 0.25) is 0 Å². The molecule has 0 radical (unpaired) electrons. The first kappa shape index (κ1) is 15.1. The van der Waals surface area contributed by atoms with Gasteiger partial charge in [-0.05, 0) is 69.3 Å². The predicted molar refractivity (Wildman–Crippen MR) is 92.3 cm³/mol. The molecule has 3 heteroatoms. The van der Waals surface area contributed by atoms with Crippen LogP contribution in [0.2, 0.25) is 0 Å². The number of ether oxygens (including phenoxy) is 2. The molecule has 2 atom stereocenters. The van der Waals surface area contributed by atoms with Crippen molar-refractivity contribution >= 4 is 0 Å². The van der Waals surface area contributed by atoms with E-state index in [1.54, 1.807) is 7.11 Å². The number of benzene rings is 1. The molecule has 0 unspecified atom stereocenters. The molecule has 0 spiro atoms. The number of hydrogen-bond acceptors (Lipinski definition) is 3. The Hall–Kier alpha value is -1.48. The van der Waals surface area contributed by atoms with Crippen molar-refractivity contribution in [2.45, 2.75) is 43.6 Å². The van der Waals surface area contributed by atoms with E-state index in [1.165, 1.54) is 44.2 Å². The third-order valence-electron chi connectivity index (χ3n) is 5.90. The van der Waals surface area contributed by atoms with Crippen LogP contribution in [0.25, 0.3) is 0 Å². The first-order valence-electron chi connectivity index (χ1n) is 8.92. The van der Waals surface area contributed by atoms with Crippen molar-refractivity contribution in [1.29, 1.82) is 0 Å². The Labute approximate surface area is 139 Å². The van der Waals surface area contributed by atoms with Crippen molar-refractivity contribution in [3.05, 3.63) is 35.9 Å². The molecule has 3 aliphatic rings. The molecule has 1 heterocycles. The van der Waals surface area contributed by atoms with Gasteiger partial charge in [-0.25, -0.2) is 0 Å². The molecule has 0 bridgehead atoms. The monoisotopic (exact) mass is 313 g/mol. The third kappa shape index (κ3) is 2.65. The van der Waals surface area contributed by atoms with Crippen molar-refractivity contribution in [3.63, 3.8) is 0 Å². The summed E-state index contributed by atoms with van der Waals surface area (Å²) in [6, 6.07) is 7.18. The minimum atomic E-state index is 0.150. The van der Waals surface area contributed by atoms with Crippen molar-refractivity contribution in [1.82, 2.24) is 4.90 Å². The number of methoxy groups -OCH3 is 1. The average molecular weight is 313 g/mol. The molecule has 2 aliphatic carbocycles. The normalized spacial score (nSPS) is 30.3. The van der Waals surface area contributed by atoms with Gasteiger partial charge in [-0.15, -0.1) is 0 Å². The van der Waals surface area contributed by atoms with E-state index in [9.17, 15) is 0 Å². The second-order valence-electron chi connectivity index (χ2n) is 7.39. The lowest BCUT2D eigenvalue weighted by atomic mass is 9.70. The largest absolute Gasteiger partial charge is 0.493 e. The molecule has 23 heavy (non-hydrogen) atoms. The van der Waals surface area contributed by atoms with Crippen LogP contribution in [-0.2, 0) is 5.41 Å². The summed E-state index contributed by atoms with van der Waals surface area (Å²) >= 11 is 0. The van der Waals surface area contributed by atoms with Gasteiger partial charge in [0.25, 0.3) is 0 Å². The lowest BCUT2D eigenvalue weighted by molar-refractivity contribution is 0.247. The molecule has 1 saturated heterocycles. The Morgan fingerprint density at radius 1 is 1.22 bits per heavy atom. The van der Waals surface area contributed by atoms with Crippen LogP contribution in [0.3, 0.4) is 0 Å². The average Bonchev–Trinajstić information content (AvgIpc) is 3.36.